The van der Waals surface area contributed by atoms with Crippen LogP contribution < -0.4 is 5.32 Å². The van der Waals surface area contributed by atoms with Gasteiger partial charge in [0.15, 0.2) is 5.69 Å². The molecule has 1 rings (SSSR count). The largest absolute Gasteiger partial charge is 0.476 e. The number of aromatic carboxylic acids is 1. The van der Waals surface area contributed by atoms with E-state index in [0.29, 0.717) is 12.4 Å². The third-order valence-electron chi connectivity index (χ3n) is 1.34. The third-order valence-corrected chi connectivity index (χ3v) is 1.63. The van der Waals surface area contributed by atoms with Crippen LogP contribution in [0.25, 0.3) is 0 Å². The Kier molecular flexibility index (Phi) is 3.58. The SMILES string of the molecule is C=C(Br)CNc1ccc(C(=O)O)nn1. The molecule has 0 fully saturated rings. The number of rotatable bonds is 4. The van der Waals surface area contributed by atoms with Gasteiger partial charge in [0, 0.05) is 11.0 Å². The summed E-state index contributed by atoms with van der Waals surface area (Å²) in [5, 5.41) is 18.6. The molecule has 0 radical (unpaired) electrons. The Labute approximate surface area is 89.0 Å². The fraction of sp³-hybridized carbons (Fsp3) is 0.125. The van der Waals surface area contributed by atoms with Crippen molar-refractivity contribution in [3.8, 4) is 0 Å². The van der Waals surface area contributed by atoms with Crippen molar-refractivity contribution in [2.24, 2.45) is 0 Å². The molecule has 0 spiro atoms. The van der Waals surface area contributed by atoms with Crippen LogP contribution in [0.2, 0.25) is 0 Å². The molecular formula is C8H8BrN3O2. The van der Waals surface area contributed by atoms with Gasteiger partial charge in [-0.3, -0.25) is 0 Å². The highest BCUT2D eigenvalue weighted by Crippen LogP contribution is 2.05. The van der Waals surface area contributed by atoms with Crippen LogP contribution in [0.5, 0.6) is 0 Å². The van der Waals surface area contributed by atoms with E-state index in [1.54, 1.807) is 6.07 Å². The molecule has 0 aliphatic heterocycles. The monoisotopic (exact) mass is 257 g/mol. The Balaban J connectivity index is 2.64. The maximum Gasteiger partial charge on any atom is 0.356 e. The molecule has 5 nitrogen and oxygen atoms in total. The van der Waals surface area contributed by atoms with Crippen LogP contribution in [0.3, 0.4) is 0 Å². The van der Waals surface area contributed by atoms with Gasteiger partial charge in [-0.25, -0.2) is 4.79 Å². The lowest BCUT2D eigenvalue weighted by Gasteiger charge is -2.02. The molecule has 0 bridgehead atoms. The molecule has 0 atom stereocenters. The van der Waals surface area contributed by atoms with Gasteiger partial charge in [0.1, 0.15) is 5.82 Å². The number of halogens is 1. The molecule has 74 valence electrons. The summed E-state index contributed by atoms with van der Waals surface area (Å²) < 4.78 is 0.779. The van der Waals surface area contributed by atoms with Crippen LogP contribution in [0.4, 0.5) is 5.82 Å². The highest BCUT2D eigenvalue weighted by atomic mass is 79.9. The topological polar surface area (TPSA) is 75.1 Å². The predicted molar refractivity (Wildman–Crippen MR) is 55.5 cm³/mol. The second kappa shape index (κ2) is 4.71. The summed E-state index contributed by atoms with van der Waals surface area (Å²) in [6, 6.07) is 2.93. The van der Waals surface area contributed by atoms with Gasteiger partial charge in [-0.05, 0) is 12.1 Å². The molecule has 1 aromatic rings. The highest BCUT2D eigenvalue weighted by molar-refractivity contribution is 9.11. The van der Waals surface area contributed by atoms with Crippen LogP contribution in [0.15, 0.2) is 23.2 Å². The number of nitrogens with one attached hydrogen (secondary N) is 1. The Bertz CT molecular complexity index is 350. The number of aromatic nitrogens is 2. The van der Waals surface area contributed by atoms with E-state index < -0.39 is 5.97 Å². The Morgan fingerprint density at radius 1 is 1.57 bits per heavy atom. The van der Waals surface area contributed by atoms with E-state index in [1.807, 2.05) is 0 Å². The summed E-state index contributed by atoms with van der Waals surface area (Å²) in [7, 11) is 0. The Morgan fingerprint density at radius 2 is 2.29 bits per heavy atom. The summed E-state index contributed by atoms with van der Waals surface area (Å²) in [6.07, 6.45) is 0. The second-order valence-electron chi connectivity index (χ2n) is 2.48. The van der Waals surface area contributed by atoms with E-state index in [4.69, 9.17) is 5.11 Å². The van der Waals surface area contributed by atoms with Crippen molar-refractivity contribution >= 4 is 27.7 Å². The summed E-state index contributed by atoms with van der Waals surface area (Å²) in [6.45, 7) is 4.14. The highest BCUT2D eigenvalue weighted by Gasteiger charge is 2.04. The third kappa shape index (κ3) is 3.14. The number of carboxylic acid groups (broad SMARTS) is 1. The van der Waals surface area contributed by atoms with E-state index in [1.165, 1.54) is 6.07 Å². The van der Waals surface area contributed by atoms with E-state index in [2.05, 4.69) is 38.0 Å². The van der Waals surface area contributed by atoms with Crippen LogP contribution >= 0.6 is 15.9 Å². The van der Waals surface area contributed by atoms with E-state index in [9.17, 15) is 4.79 Å². The van der Waals surface area contributed by atoms with E-state index in [0.717, 1.165) is 4.48 Å². The standard InChI is InChI=1S/C8H8BrN3O2/c1-5(9)4-10-7-3-2-6(8(13)14)11-12-7/h2-3H,1,4H2,(H,10,12)(H,13,14). The molecular weight excluding hydrogens is 250 g/mol. The van der Waals surface area contributed by atoms with Crippen molar-refractivity contribution in [1.29, 1.82) is 0 Å². The smallest absolute Gasteiger partial charge is 0.356 e. The fourth-order valence-electron chi connectivity index (χ4n) is 0.727. The zero-order valence-corrected chi connectivity index (χ0v) is 8.78. The number of anilines is 1. The number of nitrogens with zero attached hydrogens (tertiary/aromatic N) is 2. The van der Waals surface area contributed by atoms with E-state index >= 15 is 0 Å². The maximum absolute atomic E-state index is 10.4. The minimum absolute atomic E-state index is 0.0757. The minimum atomic E-state index is -1.09. The molecule has 2 N–H and O–H groups in total. The lowest BCUT2D eigenvalue weighted by Crippen LogP contribution is -2.06. The molecule has 0 saturated heterocycles. The predicted octanol–water partition coefficient (Wildman–Crippen LogP) is 1.50. The molecule has 0 unspecified atom stereocenters. The number of hydrogen-bond acceptors (Lipinski definition) is 4. The van der Waals surface area contributed by atoms with Gasteiger partial charge >= 0.3 is 5.97 Å². The summed E-state index contributed by atoms with van der Waals surface area (Å²) >= 11 is 3.17. The van der Waals surface area contributed by atoms with Gasteiger partial charge in [-0.1, -0.05) is 22.5 Å². The molecule has 0 aromatic carbocycles. The van der Waals surface area contributed by atoms with Gasteiger partial charge in [0.2, 0.25) is 0 Å². The Hall–Kier alpha value is -1.43. The van der Waals surface area contributed by atoms with Gasteiger partial charge in [0.05, 0.1) is 0 Å². The fourth-order valence-corrected chi connectivity index (χ4v) is 0.867. The summed E-state index contributed by atoms with van der Waals surface area (Å²) in [5.74, 6) is -0.579. The molecule has 0 amide bonds. The lowest BCUT2D eigenvalue weighted by atomic mass is 10.4. The Morgan fingerprint density at radius 3 is 2.71 bits per heavy atom. The normalized spacial score (nSPS) is 9.50. The van der Waals surface area contributed by atoms with E-state index in [-0.39, 0.29) is 5.69 Å². The minimum Gasteiger partial charge on any atom is -0.476 e. The van der Waals surface area contributed by atoms with Crippen molar-refractivity contribution in [2.45, 2.75) is 0 Å². The van der Waals surface area contributed by atoms with Crippen molar-refractivity contribution in [3.63, 3.8) is 0 Å². The molecule has 6 heteroatoms. The number of carboxylic acids is 1. The summed E-state index contributed by atoms with van der Waals surface area (Å²) in [5.41, 5.74) is -0.0757. The second-order valence-corrected chi connectivity index (χ2v) is 3.60. The van der Waals surface area contributed by atoms with Gasteiger partial charge < -0.3 is 10.4 Å². The molecule has 0 aliphatic rings. The van der Waals surface area contributed by atoms with Gasteiger partial charge in [-0.15, -0.1) is 10.2 Å². The quantitative estimate of drug-likeness (QED) is 0.855. The zero-order valence-electron chi connectivity index (χ0n) is 7.20. The van der Waals surface area contributed by atoms with Crippen LogP contribution in [0.1, 0.15) is 10.5 Å². The first-order chi connectivity index (χ1) is 6.59. The first-order valence-corrected chi connectivity index (χ1v) is 4.53. The van der Waals surface area contributed by atoms with Crippen LogP contribution in [-0.4, -0.2) is 27.8 Å². The molecule has 0 saturated carbocycles. The van der Waals surface area contributed by atoms with Crippen molar-refractivity contribution in [3.05, 3.63) is 28.9 Å². The average Bonchev–Trinajstić information content (AvgIpc) is 2.15. The molecule has 1 heterocycles. The summed E-state index contributed by atoms with van der Waals surface area (Å²) in [4.78, 5) is 10.4. The molecule has 0 aliphatic carbocycles. The average molecular weight is 258 g/mol. The maximum atomic E-state index is 10.4. The zero-order chi connectivity index (χ0) is 10.6. The van der Waals surface area contributed by atoms with Crippen LogP contribution in [0, 0.1) is 0 Å². The molecule has 1 aromatic heterocycles. The number of carbonyl (C=O) groups is 1. The van der Waals surface area contributed by atoms with Crippen molar-refractivity contribution in [1.82, 2.24) is 10.2 Å². The number of hydrogen-bond donors (Lipinski definition) is 2. The molecule has 14 heavy (non-hydrogen) atoms. The van der Waals surface area contributed by atoms with Crippen LogP contribution in [-0.2, 0) is 0 Å². The van der Waals surface area contributed by atoms with Crippen molar-refractivity contribution < 1.29 is 9.90 Å². The lowest BCUT2D eigenvalue weighted by molar-refractivity contribution is 0.0689. The van der Waals surface area contributed by atoms with Crippen molar-refractivity contribution in [2.75, 3.05) is 11.9 Å². The van der Waals surface area contributed by atoms with Gasteiger partial charge in [-0.2, -0.15) is 0 Å². The first kappa shape index (κ1) is 10.6. The van der Waals surface area contributed by atoms with Gasteiger partial charge in [0.25, 0.3) is 0 Å². The first-order valence-electron chi connectivity index (χ1n) is 3.74.